The van der Waals surface area contributed by atoms with Crippen molar-refractivity contribution in [2.45, 2.75) is 37.1 Å². The molecule has 5 nitrogen and oxygen atoms in total. The zero-order valence-corrected chi connectivity index (χ0v) is 14.9. The molecule has 2 aromatic rings. The minimum atomic E-state index is 0.121. The second kappa shape index (κ2) is 5.92. The zero-order chi connectivity index (χ0) is 17.8. The lowest BCUT2D eigenvalue weighted by atomic mass is 10.1. The topological polar surface area (TPSA) is 52.4 Å². The molecule has 2 heterocycles. The SMILES string of the molecule is c1ccc2c(c1)C[C@@H]1OC(COCC3=N[C@H]4c5ccccc5C[C@H]4O3)=N[C@H]21. The van der Waals surface area contributed by atoms with Gasteiger partial charge in [-0.3, -0.25) is 0 Å². The molecule has 0 amide bonds. The maximum absolute atomic E-state index is 6.00. The first kappa shape index (κ1) is 15.4. The van der Waals surface area contributed by atoms with Gasteiger partial charge in [-0.05, 0) is 22.3 Å². The molecule has 0 bridgehead atoms. The van der Waals surface area contributed by atoms with Gasteiger partial charge in [-0.1, -0.05) is 48.5 Å². The molecule has 2 aromatic carbocycles. The van der Waals surface area contributed by atoms with Crippen LogP contribution in [0.3, 0.4) is 0 Å². The van der Waals surface area contributed by atoms with E-state index in [9.17, 15) is 0 Å². The van der Waals surface area contributed by atoms with E-state index < -0.39 is 0 Å². The molecule has 6 rings (SSSR count). The number of nitrogens with zero attached hydrogens (tertiary/aromatic N) is 2. The van der Waals surface area contributed by atoms with Crippen LogP contribution in [0.25, 0.3) is 0 Å². The lowest BCUT2D eigenvalue weighted by molar-refractivity contribution is 0.138. The highest BCUT2D eigenvalue weighted by atomic mass is 16.6. The average molecular weight is 360 g/mol. The summed E-state index contributed by atoms with van der Waals surface area (Å²) < 4.78 is 17.8. The molecule has 136 valence electrons. The van der Waals surface area contributed by atoms with Gasteiger partial charge in [-0.2, -0.15) is 0 Å². The molecule has 0 aromatic heterocycles. The highest BCUT2D eigenvalue weighted by Crippen LogP contribution is 2.41. The quantitative estimate of drug-likeness (QED) is 0.841. The van der Waals surface area contributed by atoms with Crippen molar-refractivity contribution in [3.8, 4) is 0 Å². The van der Waals surface area contributed by atoms with Gasteiger partial charge in [0.1, 0.15) is 37.5 Å². The third-order valence-corrected chi connectivity index (χ3v) is 5.89. The minimum absolute atomic E-state index is 0.121. The number of rotatable bonds is 4. The Bertz CT molecular complexity index is 890. The normalized spacial score (nSPS) is 29.2. The Hall–Kier alpha value is -2.66. The summed E-state index contributed by atoms with van der Waals surface area (Å²) >= 11 is 0. The van der Waals surface area contributed by atoms with Crippen LogP contribution in [0.2, 0.25) is 0 Å². The Morgan fingerprint density at radius 3 is 1.74 bits per heavy atom. The van der Waals surface area contributed by atoms with E-state index >= 15 is 0 Å². The Kier molecular flexibility index (Phi) is 3.38. The van der Waals surface area contributed by atoms with Crippen molar-refractivity contribution in [1.29, 1.82) is 0 Å². The highest BCUT2D eigenvalue weighted by Gasteiger charge is 2.40. The summed E-state index contributed by atoms with van der Waals surface area (Å²) in [6.45, 7) is 0.729. The van der Waals surface area contributed by atoms with Gasteiger partial charge in [0, 0.05) is 12.8 Å². The van der Waals surface area contributed by atoms with Gasteiger partial charge in [0.05, 0.1) is 0 Å². The van der Waals surface area contributed by atoms with E-state index in [1.165, 1.54) is 22.3 Å². The van der Waals surface area contributed by atoms with Crippen molar-refractivity contribution < 1.29 is 14.2 Å². The monoisotopic (exact) mass is 360 g/mol. The molecule has 0 radical (unpaired) electrons. The first-order valence-electron chi connectivity index (χ1n) is 9.55. The lowest BCUT2D eigenvalue weighted by Crippen LogP contribution is -2.20. The molecule has 2 aliphatic heterocycles. The molecular formula is C22H20N2O3. The first-order chi connectivity index (χ1) is 13.3. The van der Waals surface area contributed by atoms with E-state index in [4.69, 9.17) is 24.2 Å². The summed E-state index contributed by atoms with van der Waals surface area (Å²) in [4.78, 5) is 9.46. The number of aliphatic imine (C=N–C) groups is 2. The van der Waals surface area contributed by atoms with E-state index in [1.807, 2.05) is 0 Å². The van der Waals surface area contributed by atoms with Crippen LogP contribution in [0.15, 0.2) is 58.5 Å². The molecule has 0 spiro atoms. The van der Waals surface area contributed by atoms with Crippen molar-refractivity contribution in [3.63, 3.8) is 0 Å². The predicted molar refractivity (Wildman–Crippen MR) is 101 cm³/mol. The van der Waals surface area contributed by atoms with Crippen LogP contribution < -0.4 is 0 Å². The largest absolute Gasteiger partial charge is 0.473 e. The summed E-state index contributed by atoms with van der Waals surface area (Å²) in [5.74, 6) is 1.37. The van der Waals surface area contributed by atoms with E-state index in [0.29, 0.717) is 25.0 Å². The van der Waals surface area contributed by atoms with E-state index in [2.05, 4.69) is 48.5 Å². The molecule has 2 aliphatic carbocycles. The molecule has 5 heteroatoms. The van der Waals surface area contributed by atoms with Crippen molar-refractivity contribution in [2.24, 2.45) is 9.98 Å². The Morgan fingerprint density at radius 1 is 0.741 bits per heavy atom. The number of fused-ring (bicyclic) bond motifs is 6. The lowest BCUT2D eigenvalue weighted by Gasteiger charge is -2.10. The molecule has 4 atom stereocenters. The number of ether oxygens (including phenoxy) is 3. The molecular weight excluding hydrogens is 340 g/mol. The summed E-state index contributed by atoms with van der Waals surface area (Å²) in [6.07, 6.45) is 2.09. The van der Waals surface area contributed by atoms with E-state index in [1.54, 1.807) is 0 Å². The van der Waals surface area contributed by atoms with Gasteiger partial charge in [0.25, 0.3) is 0 Å². The van der Waals surface area contributed by atoms with Gasteiger partial charge in [-0.15, -0.1) is 0 Å². The van der Waals surface area contributed by atoms with E-state index in [0.717, 1.165) is 12.8 Å². The van der Waals surface area contributed by atoms with Crippen molar-refractivity contribution in [2.75, 3.05) is 13.2 Å². The summed E-state index contributed by atoms with van der Waals surface area (Å²) in [5, 5.41) is 0. The van der Waals surface area contributed by atoms with Gasteiger partial charge >= 0.3 is 0 Å². The van der Waals surface area contributed by atoms with Crippen molar-refractivity contribution in [3.05, 3.63) is 70.8 Å². The molecule has 27 heavy (non-hydrogen) atoms. The molecule has 0 saturated heterocycles. The number of hydrogen-bond donors (Lipinski definition) is 0. The fourth-order valence-corrected chi connectivity index (χ4v) is 4.68. The fraction of sp³-hybridized carbons (Fsp3) is 0.364. The second-order valence-corrected chi connectivity index (χ2v) is 7.55. The summed E-state index contributed by atoms with van der Waals surface area (Å²) in [5.41, 5.74) is 5.26. The molecule has 0 unspecified atom stereocenters. The van der Waals surface area contributed by atoms with Crippen molar-refractivity contribution >= 4 is 11.8 Å². The molecule has 0 saturated carbocycles. The number of hydrogen-bond acceptors (Lipinski definition) is 5. The molecule has 0 fully saturated rings. The van der Waals surface area contributed by atoms with Crippen LogP contribution in [-0.2, 0) is 27.1 Å². The second-order valence-electron chi connectivity index (χ2n) is 7.55. The third kappa shape index (κ3) is 2.49. The predicted octanol–water partition coefficient (Wildman–Crippen LogP) is 3.19. The smallest absolute Gasteiger partial charge is 0.211 e. The van der Waals surface area contributed by atoms with Gasteiger partial charge in [0.15, 0.2) is 0 Å². The molecule has 4 aliphatic rings. The van der Waals surface area contributed by atoms with Crippen molar-refractivity contribution in [1.82, 2.24) is 0 Å². The average Bonchev–Trinajstić information content (AvgIpc) is 3.40. The van der Waals surface area contributed by atoms with Crippen LogP contribution in [-0.4, -0.2) is 37.2 Å². The Morgan fingerprint density at radius 2 is 1.22 bits per heavy atom. The number of benzene rings is 2. The van der Waals surface area contributed by atoms with Crippen LogP contribution in [0.5, 0.6) is 0 Å². The summed E-state index contributed by atoms with van der Waals surface area (Å²) in [7, 11) is 0. The third-order valence-electron chi connectivity index (χ3n) is 5.89. The van der Waals surface area contributed by atoms with Gasteiger partial charge in [0.2, 0.25) is 11.8 Å². The Balaban J connectivity index is 1.08. The first-order valence-corrected chi connectivity index (χ1v) is 9.55. The summed E-state index contributed by atoms with van der Waals surface area (Å²) in [6, 6.07) is 17.1. The fourth-order valence-electron chi connectivity index (χ4n) is 4.68. The maximum atomic E-state index is 6.00. The van der Waals surface area contributed by atoms with Crippen LogP contribution in [0.1, 0.15) is 34.3 Å². The Labute approximate surface area is 157 Å². The standard InChI is InChI=1S/C22H20N2O3/c1-3-7-15-13(5-1)9-17-21(15)23-19(26-17)11-25-12-20-24-22-16-8-4-2-6-14(16)10-18(22)27-20/h1-8,17-18,21-22H,9-12H2/t17-,18+,21+,22-. The van der Waals surface area contributed by atoms with Crippen LogP contribution in [0, 0.1) is 0 Å². The molecule has 0 N–H and O–H groups in total. The van der Waals surface area contributed by atoms with Gasteiger partial charge in [-0.25, -0.2) is 9.98 Å². The maximum Gasteiger partial charge on any atom is 0.211 e. The van der Waals surface area contributed by atoms with Crippen LogP contribution >= 0.6 is 0 Å². The minimum Gasteiger partial charge on any atom is -0.473 e. The van der Waals surface area contributed by atoms with Crippen LogP contribution in [0.4, 0.5) is 0 Å². The van der Waals surface area contributed by atoms with E-state index in [-0.39, 0.29) is 24.3 Å². The van der Waals surface area contributed by atoms with Gasteiger partial charge < -0.3 is 14.2 Å². The highest BCUT2D eigenvalue weighted by molar-refractivity contribution is 5.82. The zero-order valence-electron chi connectivity index (χ0n) is 14.9.